The zero-order chi connectivity index (χ0) is 92.4. The monoisotopic (exact) mass is 1750 g/mol. The first-order chi connectivity index (χ1) is 58.2. The molecule has 1 heterocycles. The summed E-state index contributed by atoms with van der Waals surface area (Å²) >= 11 is 0. The summed E-state index contributed by atoms with van der Waals surface area (Å²) < 4.78 is 0. The van der Waals surface area contributed by atoms with Gasteiger partial charge in [0.1, 0.15) is 60.4 Å². The van der Waals surface area contributed by atoms with Crippen LogP contribution < -0.4 is 169 Å². The molecule has 0 saturated carbocycles. The highest BCUT2D eigenvalue weighted by Gasteiger charge is 2.37. The van der Waals surface area contributed by atoms with Crippen molar-refractivity contribution in [3.8, 4) is 0 Å². The molecule has 0 aromatic carbocycles. The van der Waals surface area contributed by atoms with Crippen molar-refractivity contribution in [1.29, 1.82) is 48.7 Å². The number of imidazole rings is 1. The second kappa shape index (κ2) is 61.5. The number of carboxylic acids is 1. The number of carbonyl (C=O) groups excluding carboxylic acids is 11. The van der Waals surface area contributed by atoms with Crippen molar-refractivity contribution < 1.29 is 62.6 Å². The molecule has 1 aromatic heterocycles. The van der Waals surface area contributed by atoms with Gasteiger partial charge in [0, 0.05) is 77.2 Å². The van der Waals surface area contributed by atoms with Gasteiger partial charge in [-0.3, -0.25) is 101 Å². The van der Waals surface area contributed by atoms with Crippen LogP contribution in [0.15, 0.2) is 12.5 Å². The molecule has 0 saturated heterocycles. The Bertz CT molecular complexity index is 3630. The van der Waals surface area contributed by atoms with Crippen molar-refractivity contribution in [2.45, 2.75) is 208 Å². The molecule has 0 bridgehead atoms. The Kier molecular flexibility index (Phi) is 53.6. The highest BCUT2D eigenvalue weighted by atomic mass is 16.4. The van der Waals surface area contributed by atoms with E-state index >= 15 is 9.59 Å². The highest BCUT2D eigenvalue weighted by Crippen LogP contribution is 2.13. The van der Waals surface area contributed by atoms with E-state index in [1.54, 1.807) is 0 Å². The number of nitrogens with two attached hydrogens (primary N) is 11. The Labute approximate surface area is 710 Å². The Morgan fingerprint density at radius 3 is 0.748 bits per heavy atom. The highest BCUT2D eigenvalue weighted by molar-refractivity contribution is 5.99. The second-order valence-electron chi connectivity index (χ2n) is 28.2. The number of unbranched alkanes of at least 4 members (excludes halogenated alkanes) is 1. The smallest absolute Gasteiger partial charge is 0.326 e. The number of amides is 11. The third kappa shape index (κ3) is 51.3. The minimum atomic E-state index is -1.65. The molecule has 0 aliphatic heterocycles. The fourth-order valence-electron chi connectivity index (χ4n) is 11.6. The summed E-state index contributed by atoms with van der Waals surface area (Å²) in [7, 11) is 0. The minimum absolute atomic E-state index is 0.000332. The Hall–Kier alpha value is -13.8. The molecule has 55 heteroatoms. The van der Waals surface area contributed by atoms with Crippen molar-refractivity contribution in [3.63, 3.8) is 0 Å². The van der Waals surface area contributed by atoms with E-state index in [0.29, 0.717) is 18.5 Å². The van der Waals surface area contributed by atoms with Gasteiger partial charge in [0.05, 0.1) is 18.9 Å². The van der Waals surface area contributed by atoms with Crippen molar-refractivity contribution >= 4 is 125 Å². The Balaban J connectivity index is 4.04. The molecule has 0 aliphatic rings. The quantitative estimate of drug-likeness (QED) is 0.0164. The van der Waals surface area contributed by atoms with Crippen LogP contribution in [0.4, 0.5) is 0 Å². The molecule has 123 heavy (non-hydrogen) atoms. The van der Waals surface area contributed by atoms with E-state index in [0.717, 1.165) is 0 Å². The number of H-pyrrole nitrogens is 1. The summed E-state index contributed by atoms with van der Waals surface area (Å²) in [6, 6.07) is -16.5. The zero-order valence-electron chi connectivity index (χ0n) is 69.0. The lowest BCUT2D eigenvalue weighted by atomic mass is 10.0. The van der Waals surface area contributed by atoms with Crippen LogP contribution in [-0.2, 0) is 64.0 Å². The largest absolute Gasteiger partial charge is 0.480 e. The van der Waals surface area contributed by atoms with Gasteiger partial charge in [-0.15, -0.1) is 0 Å². The lowest BCUT2D eigenvalue weighted by Crippen LogP contribution is -2.60. The number of aromatic amines is 1. The fraction of sp³-hybridized carbons (Fsp3) is 0.647. The second-order valence-corrected chi connectivity index (χ2v) is 28.2. The lowest BCUT2D eigenvalue weighted by Gasteiger charge is -2.28. The number of guanidine groups is 9. The molecule has 11 atom stereocenters. The van der Waals surface area contributed by atoms with Gasteiger partial charge in [-0.1, -0.05) is 0 Å². The number of carbonyl (C=O) groups is 12. The van der Waals surface area contributed by atoms with Crippen LogP contribution >= 0.6 is 0 Å². The van der Waals surface area contributed by atoms with E-state index in [4.69, 9.17) is 112 Å². The van der Waals surface area contributed by atoms with Crippen LogP contribution in [0.3, 0.4) is 0 Å². The summed E-state index contributed by atoms with van der Waals surface area (Å²) in [6.07, 6.45) is 1.87. The van der Waals surface area contributed by atoms with E-state index in [-0.39, 0.29) is 206 Å². The summed E-state index contributed by atoms with van der Waals surface area (Å²) in [5.41, 5.74) is 62.1. The molecular formula is C68H132N42O13. The molecule has 1 aromatic rings. The predicted molar refractivity (Wildman–Crippen MR) is 455 cm³/mol. The predicted octanol–water partition coefficient (Wildman–Crippen LogP) is -13.2. The topological polar surface area (TPSA) is 995 Å². The van der Waals surface area contributed by atoms with Crippen molar-refractivity contribution in [2.75, 3.05) is 72.0 Å². The molecule has 55 nitrogen and oxygen atoms in total. The number of hydrogen-bond acceptors (Lipinski definition) is 24. The van der Waals surface area contributed by atoms with Crippen LogP contribution in [0.1, 0.15) is 141 Å². The molecule has 11 amide bonds. The van der Waals surface area contributed by atoms with Gasteiger partial charge < -0.3 is 179 Å². The number of aliphatic carboxylic acids is 1. The van der Waals surface area contributed by atoms with Gasteiger partial charge >= 0.3 is 5.97 Å². The summed E-state index contributed by atoms with van der Waals surface area (Å²) in [4.78, 5) is 178. The van der Waals surface area contributed by atoms with Gasteiger partial charge in [0.15, 0.2) is 53.6 Å². The first kappa shape index (κ1) is 107. The lowest BCUT2D eigenvalue weighted by molar-refractivity contribution is -0.142. The standard InChI is InChI=1S/C68H132N42O13/c69-22-2-1-13-39(51(114)110-47(59(122)123)32-36-33-89-35-100-36)101-48(111)34-99-50(113)38(14-4-24-91-61(73)74)103-53(116)41(16-6-26-93-63(77)78)105-55(118)43(18-8-28-95-65(81)82)107-57(120)45(20-10-30-97-67(85)86)109-58(121)46(21-11-31-98-68(87)88)108-56(119)44(19-9-29-96-66(83)84)106-54(117)42(17-7-27-94-64(79)80)104-52(115)40(15-5-25-92-62(75)76)102-49(112)37(70)12-3-23-90-60(71)72/h33,35,37-47H,1-32,34,69-70H2,(H,89,100)(H,99,113)(H,101,111)(H,102,112)(H,103,116)(H,104,115)(H,105,118)(H,106,117)(H,107,120)(H,108,119)(H,109,121)(H,110,114)(H,122,123)(H4,71,72,90)(H4,73,74,91)(H4,75,76,92)(H4,77,78,93)(H4,79,80,94)(H4,81,82,95)(H4,83,84,96)(H4,85,86,97)(H4,87,88,98)/t37-,38-,39-,40-,41-,42-,43-,44-,45-,46-,47-/m0/s1. The summed E-state index contributed by atoms with van der Waals surface area (Å²) in [5, 5.41) is 131. The maximum absolute atomic E-state index is 15.0. The fourth-order valence-corrected chi connectivity index (χ4v) is 11.6. The average Bonchev–Trinajstić information content (AvgIpc) is 0.878. The van der Waals surface area contributed by atoms with E-state index in [9.17, 15) is 53.1 Å². The van der Waals surface area contributed by atoms with Crippen LogP contribution in [-0.4, -0.2) is 278 Å². The molecule has 0 fully saturated rings. The SMILES string of the molecule is N=C(N)NCCC[C@H](NC(=O)[C@H](CCCNC(=N)N)NC(=O)[C@H](CCCNC(=N)N)NC(=O)[C@H](CCCNC(=N)N)NC(=O)[C@H](CCCNC(=N)N)NC(=O)[C@H](CCCNC(=N)N)NC(=O)[C@H](CCCNC(=N)N)NC(=O)[C@H](CCCNC(=N)N)NC(=O)[C@@H](N)CCCNC(=N)N)C(=O)NCC(=O)N[C@@H](CCCCN)C(=O)N[C@@H](Cc1cnc[nH]1)C(=O)O. The summed E-state index contributed by atoms with van der Waals surface area (Å²) in [6.45, 7) is -0.604. The molecule has 0 unspecified atom stereocenters. The van der Waals surface area contributed by atoms with E-state index in [2.05, 4.69) is 116 Å². The first-order valence-electron chi connectivity index (χ1n) is 39.9. The third-order valence-electron chi connectivity index (χ3n) is 17.9. The van der Waals surface area contributed by atoms with Crippen molar-refractivity contribution in [1.82, 2.24) is 116 Å². The van der Waals surface area contributed by atoms with Gasteiger partial charge in [-0.2, -0.15) is 0 Å². The normalized spacial score (nSPS) is 13.4. The van der Waals surface area contributed by atoms with E-state index in [1.165, 1.54) is 12.5 Å². The van der Waals surface area contributed by atoms with Crippen molar-refractivity contribution in [2.24, 2.45) is 63.1 Å². The van der Waals surface area contributed by atoms with Crippen LogP contribution in [0.5, 0.6) is 0 Å². The third-order valence-corrected chi connectivity index (χ3v) is 17.9. The molecule has 0 spiro atoms. The number of aromatic nitrogens is 2. The Morgan fingerprint density at radius 2 is 0.520 bits per heavy atom. The Morgan fingerprint density at radius 1 is 0.301 bits per heavy atom. The number of hydrogen-bond donors (Lipinski definition) is 42. The van der Waals surface area contributed by atoms with Crippen molar-refractivity contribution in [3.05, 3.63) is 18.2 Å². The molecule has 0 aliphatic carbocycles. The number of rotatable bonds is 65. The van der Waals surface area contributed by atoms with Gasteiger partial charge in [-0.25, -0.2) is 9.78 Å². The summed E-state index contributed by atoms with van der Waals surface area (Å²) in [5.74, 6) is -15.8. The maximum Gasteiger partial charge on any atom is 0.326 e. The number of nitrogens with zero attached hydrogens (tertiary/aromatic N) is 1. The molecule has 53 N–H and O–H groups in total. The zero-order valence-corrected chi connectivity index (χ0v) is 69.0. The van der Waals surface area contributed by atoms with Crippen LogP contribution in [0.25, 0.3) is 0 Å². The van der Waals surface area contributed by atoms with Crippen LogP contribution in [0.2, 0.25) is 0 Å². The van der Waals surface area contributed by atoms with E-state index in [1.807, 2.05) is 0 Å². The minimum Gasteiger partial charge on any atom is -0.480 e. The van der Waals surface area contributed by atoms with E-state index < -0.39 is 186 Å². The van der Waals surface area contributed by atoms with Gasteiger partial charge in [0.2, 0.25) is 65.0 Å². The average molecular weight is 1750 g/mol. The number of carboxylic acid groups (broad SMARTS) is 1. The van der Waals surface area contributed by atoms with Crippen LogP contribution in [0, 0.1) is 48.7 Å². The molecule has 0 radical (unpaired) electrons. The molecule has 1 rings (SSSR count). The van der Waals surface area contributed by atoms with Gasteiger partial charge in [-0.05, 0) is 141 Å². The first-order valence-corrected chi connectivity index (χ1v) is 39.9. The van der Waals surface area contributed by atoms with Gasteiger partial charge in [0.25, 0.3) is 0 Å². The maximum atomic E-state index is 15.0. The number of nitrogens with one attached hydrogen (secondary N) is 30. The molecular weight excluding hydrogens is 1610 g/mol. The molecule has 692 valence electrons.